The number of rotatable bonds is 0. The Labute approximate surface area is 58.5 Å². The average Bonchev–Trinajstić information content (AvgIpc) is 1.95. The normalized spacial score (nSPS) is 8.70. The maximum Gasteiger partial charge on any atom is 0.173 e. The van der Waals surface area contributed by atoms with Crippen LogP contribution in [0.3, 0.4) is 0 Å². The topological polar surface area (TPSA) is 59.1 Å². The zero-order chi connectivity index (χ0) is 7.56. The summed E-state index contributed by atoms with van der Waals surface area (Å²) < 4.78 is 0. The molecule has 1 heterocycles. The van der Waals surface area contributed by atoms with E-state index < -0.39 is 0 Å². The minimum Gasteiger partial charge on any atom is -0.503 e. The molecule has 0 aliphatic carbocycles. The molecule has 3 N–H and O–H groups in total. The van der Waals surface area contributed by atoms with E-state index in [-0.39, 0.29) is 11.6 Å². The number of anilines is 1. The smallest absolute Gasteiger partial charge is 0.173 e. The highest BCUT2D eigenvalue weighted by molar-refractivity contribution is 5.55. The van der Waals surface area contributed by atoms with Crippen LogP contribution in [0.4, 0.5) is 5.82 Å². The van der Waals surface area contributed by atoms with E-state index in [1.165, 1.54) is 12.3 Å². The van der Waals surface area contributed by atoms with Crippen molar-refractivity contribution < 1.29 is 5.11 Å². The summed E-state index contributed by atoms with van der Waals surface area (Å²) in [5, 5.41) is 9.07. The van der Waals surface area contributed by atoms with Crippen molar-refractivity contribution in [3.8, 4) is 18.1 Å². The lowest BCUT2D eigenvalue weighted by atomic mass is 10.2. The number of terminal acetylenes is 1. The highest BCUT2D eigenvalue weighted by Crippen LogP contribution is 2.20. The number of aromatic hydroxyl groups is 1. The molecule has 0 aliphatic rings. The van der Waals surface area contributed by atoms with Crippen molar-refractivity contribution in [1.29, 1.82) is 0 Å². The maximum absolute atomic E-state index is 9.07. The Bertz CT molecular complexity index is 288. The molecule has 1 aromatic rings. The van der Waals surface area contributed by atoms with E-state index in [9.17, 15) is 0 Å². The van der Waals surface area contributed by atoms with Crippen molar-refractivity contribution in [3.63, 3.8) is 0 Å². The molecule has 0 atom stereocenters. The van der Waals surface area contributed by atoms with Crippen molar-refractivity contribution in [2.24, 2.45) is 0 Å². The predicted molar refractivity (Wildman–Crippen MR) is 38.2 cm³/mol. The van der Waals surface area contributed by atoms with Gasteiger partial charge in [-0.2, -0.15) is 0 Å². The molecular weight excluding hydrogens is 128 g/mol. The molecule has 0 saturated heterocycles. The summed E-state index contributed by atoms with van der Waals surface area (Å²) >= 11 is 0. The fraction of sp³-hybridized carbons (Fsp3) is 0. The minimum atomic E-state index is -0.120. The molecule has 0 saturated carbocycles. The van der Waals surface area contributed by atoms with E-state index in [0.29, 0.717) is 5.56 Å². The predicted octanol–water partition coefficient (Wildman–Crippen LogP) is 0.351. The van der Waals surface area contributed by atoms with Crippen LogP contribution < -0.4 is 5.73 Å². The van der Waals surface area contributed by atoms with Gasteiger partial charge in [-0.25, -0.2) is 4.98 Å². The lowest BCUT2D eigenvalue weighted by molar-refractivity contribution is 0.474. The third-order valence-electron chi connectivity index (χ3n) is 1.11. The molecule has 0 aliphatic heterocycles. The van der Waals surface area contributed by atoms with E-state index in [1.54, 1.807) is 0 Å². The van der Waals surface area contributed by atoms with Crippen molar-refractivity contribution in [2.75, 3.05) is 5.73 Å². The van der Waals surface area contributed by atoms with E-state index in [2.05, 4.69) is 10.9 Å². The number of nitrogens with zero attached hydrogens (tertiary/aromatic N) is 1. The lowest BCUT2D eigenvalue weighted by Crippen LogP contribution is -1.91. The second kappa shape index (κ2) is 2.28. The van der Waals surface area contributed by atoms with Gasteiger partial charge in [0.2, 0.25) is 0 Å². The van der Waals surface area contributed by atoms with Crippen LogP contribution in [0.2, 0.25) is 0 Å². The van der Waals surface area contributed by atoms with Crippen LogP contribution in [0.15, 0.2) is 12.3 Å². The van der Waals surface area contributed by atoms with Gasteiger partial charge in [-0.3, -0.25) is 0 Å². The highest BCUT2D eigenvalue weighted by Gasteiger charge is 2.00. The van der Waals surface area contributed by atoms with E-state index in [0.717, 1.165) is 0 Å². The van der Waals surface area contributed by atoms with Crippen molar-refractivity contribution >= 4 is 5.82 Å². The summed E-state index contributed by atoms with van der Waals surface area (Å²) in [4.78, 5) is 3.62. The summed E-state index contributed by atoms with van der Waals surface area (Å²) in [6, 6.07) is 1.52. The van der Waals surface area contributed by atoms with Crippen molar-refractivity contribution in [1.82, 2.24) is 4.98 Å². The highest BCUT2D eigenvalue weighted by atomic mass is 16.3. The van der Waals surface area contributed by atoms with E-state index >= 15 is 0 Å². The quantitative estimate of drug-likeness (QED) is 0.503. The Balaban J connectivity index is 3.31. The Kier molecular flexibility index (Phi) is 1.46. The number of nitrogens with two attached hydrogens (primary N) is 1. The fourth-order valence-corrected chi connectivity index (χ4v) is 0.587. The first-order valence-electron chi connectivity index (χ1n) is 2.65. The molecule has 0 spiro atoms. The number of hydrogen-bond donors (Lipinski definition) is 2. The second-order valence-electron chi connectivity index (χ2n) is 1.74. The molecule has 1 aromatic heterocycles. The van der Waals surface area contributed by atoms with E-state index in [1.807, 2.05) is 0 Å². The standard InChI is InChI=1S/C7H6N2O/c1-2-5-3-4-9-7(8)6(5)10/h1,3-4,10H,(H2,8,9). The molecule has 50 valence electrons. The van der Waals surface area contributed by atoms with Gasteiger partial charge in [0.15, 0.2) is 11.6 Å². The van der Waals surface area contributed by atoms with Gasteiger partial charge in [-0.15, -0.1) is 6.42 Å². The van der Waals surface area contributed by atoms with Gasteiger partial charge in [0.05, 0.1) is 5.56 Å². The first-order valence-corrected chi connectivity index (χ1v) is 2.65. The van der Waals surface area contributed by atoms with Gasteiger partial charge in [-0.1, -0.05) is 5.92 Å². The number of aromatic nitrogens is 1. The van der Waals surface area contributed by atoms with Crippen LogP contribution in [0.25, 0.3) is 0 Å². The molecule has 0 bridgehead atoms. The molecule has 3 nitrogen and oxygen atoms in total. The molecule has 0 fully saturated rings. The average molecular weight is 134 g/mol. The molecule has 0 amide bonds. The van der Waals surface area contributed by atoms with Gasteiger partial charge < -0.3 is 10.8 Å². The van der Waals surface area contributed by atoms with E-state index in [4.69, 9.17) is 17.3 Å². The Hall–Kier alpha value is -1.69. The number of hydrogen-bond acceptors (Lipinski definition) is 3. The van der Waals surface area contributed by atoms with Crippen LogP contribution in [-0.4, -0.2) is 10.1 Å². The second-order valence-corrected chi connectivity index (χ2v) is 1.74. The van der Waals surface area contributed by atoms with Gasteiger partial charge >= 0.3 is 0 Å². The lowest BCUT2D eigenvalue weighted by Gasteiger charge is -1.97. The third kappa shape index (κ3) is 0.869. The SMILES string of the molecule is C#Cc1ccnc(N)c1O. The molecule has 10 heavy (non-hydrogen) atoms. The molecule has 0 radical (unpaired) electrons. The molecular formula is C7H6N2O. The molecule has 1 rings (SSSR count). The Morgan fingerprint density at radius 3 is 2.90 bits per heavy atom. The third-order valence-corrected chi connectivity index (χ3v) is 1.11. The minimum absolute atomic E-state index is 0.0652. The number of pyridine rings is 1. The molecule has 3 heteroatoms. The van der Waals surface area contributed by atoms with Crippen LogP contribution in [0.5, 0.6) is 5.75 Å². The van der Waals surface area contributed by atoms with Crippen molar-refractivity contribution in [2.45, 2.75) is 0 Å². The summed E-state index contributed by atoms with van der Waals surface area (Å²) in [5.74, 6) is 2.21. The first kappa shape index (κ1) is 6.43. The zero-order valence-corrected chi connectivity index (χ0v) is 5.20. The van der Waals surface area contributed by atoms with Crippen LogP contribution >= 0.6 is 0 Å². The largest absolute Gasteiger partial charge is 0.503 e. The first-order chi connectivity index (χ1) is 4.75. The summed E-state index contributed by atoms with van der Waals surface area (Å²) in [7, 11) is 0. The van der Waals surface area contributed by atoms with Crippen LogP contribution in [0.1, 0.15) is 5.56 Å². The Morgan fingerprint density at radius 2 is 2.40 bits per heavy atom. The van der Waals surface area contributed by atoms with Crippen LogP contribution in [0, 0.1) is 12.3 Å². The van der Waals surface area contributed by atoms with Gasteiger partial charge in [0.25, 0.3) is 0 Å². The summed E-state index contributed by atoms with van der Waals surface area (Å²) in [6.45, 7) is 0. The van der Waals surface area contributed by atoms with Gasteiger partial charge in [0.1, 0.15) is 0 Å². The monoisotopic (exact) mass is 134 g/mol. The fourth-order valence-electron chi connectivity index (χ4n) is 0.587. The Morgan fingerprint density at radius 1 is 1.70 bits per heavy atom. The number of nitrogen functional groups attached to an aromatic ring is 1. The summed E-state index contributed by atoms with van der Waals surface area (Å²) in [5.41, 5.74) is 5.61. The molecule has 0 unspecified atom stereocenters. The zero-order valence-electron chi connectivity index (χ0n) is 5.20. The molecule has 0 aromatic carbocycles. The maximum atomic E-state index is 9.07. The van der Waals surface area contributed by atoms with Crippen molar-refractivity contribution in [3.05, 3.63) is 17.8 Å². The van der Waals surface area contributed by atoms with Crippen LogP contribution in [-0.2, 0) is 0 Å². The van der Waals surface area contributed by atoms with Gasteiger partial charge in [0, 0.05) is 6.20 Å². The summed E-state index contributed by atoms with van der Waals surface area (Å²) in [6.07, 6.45) is 6.47. The van der Waals surface area contributed by atoms with Gasteiger partial charge in [-0.05, 0) is 6.07 Å².